The van der Waals surface area contributed by atoms with Crippen molar-refractivity contribution in [2.24, 2.45) is 0 Å². The smallest absolute Gasteiger partial charge is 0.359 e. The first-order valence-electron chi connectivity index (χ1n) is 4.43. The summed E-state index contributed by atoms with van der Waals surface area (Å²) in [5.41, 5.74) is -1.73. The Labute approximate surface area is 88.1 Å². The van der Waals surface area contributed by atoms with Gasteiger partial charge in [-0.2, -0.15) is 0 Å². The molecule has 0 unspecified atom stereocenters. The zero-order valence-corrected chi connectivity index (χ0v) is 8.02. The summed E-state index contributed by atoms with van der Waals surface area (Å²) < 4.78 is 14.4. The summed E-state index contributed by atoms with van der Waals surface area (Å²) in [6.07, 6.45) is 0. The lowest BCUT2D eigenvalue weighted by Gasteiger charge is -2.09. The molecule has 0 bridgehead atoms. The molecule has 86 valence electrons. The minimum absolute atomic E-state index is 0.257. The average Bonchev–Trinajstić information content (AvgIpc) is 2.68. The molecule has 8 heteroatoms. The van der Waals surface area contributed by atoms with Crippen LogP contribution in [0.25, 0.3) is 0 Å². The summed E-state index contributed by atoms with van der Waals surface area (Å²) >= 11 is 0. The lowest BCUT2D eigenvalue weighted by atomic mass is 10.4. The van der Waals surface area contributed by atoms with E-state index in [-0.39, 0.29) is 5.69 Å². The van der Waals surface area contributed by atoms with Crippen molar-refractivity contribution < 1.29 is 19.0 Å². The van der Waals surface area contributed by atoms with E-state index in [1.807, 2.05) is 4.98 Å². The van der Waals surface area contributed by atoms with Gasteiger partial charge in [-0.05, 0) is 0 Å². The molecule has 0 atom stereocenters. The van der Waals surface area contributed by atoms with Gasteiger partial charge in [-0.15, -0.1) is 0 Å². The number of carbonyl (C=O) groups excluding carboxylic acids is 1. The number of hydrogen-bond acceptors (Lipinski definition) is 6. The van der Waals surface area contributed by atoms with Gasteiger partial charge < -0.3 is 19.2 Å². The van der Waals surface area contributed by atoms with E-state index < -0.39 is 23.7 Å². The summed E-state index contributed by atoms with van der Waals surface area (Å²) in [6.45, 7) is -0.441. The molecule has 2 rings (SSSR count). The minimum Gasteiger partial charge on any atom is -0.406 e. The molecule has 0 radical (unpaired) electrons. The van der Waals surface area contributed by atoms with Gasteiger partial charge in [-0.3, -0.25) is 9.78 Å². The number of ether oxygens (including phenoxy) is 3. The van der Waals surface area contributed by atoms with Gasteiger partial charge in [-0.25, -0.2) is 9.59 Å². The Bertz CT molecular complexity index is 469. The molecule has 0 saturated carbocycles. The van der Waals surface area contributed by atoms with Crippen LogP contribution in [-0.4, -0.2) is 35.6 Å². The summed E-state index contributed by atoms with van der Waals surface area (Å²) in [5, 5.41) is 0. The third-order valence-corrected chi connectivity index (χ3v) is 1.77. The van der Waals surface area contributed by atoms with E-state index in [4.69, 9.17) is 14.2 Å². The second kappa shape index (κ2) is 4.29. The molecule has 1 saturated heterocycles. The summed E-state index contributed by atoms with van der Waals surface area (Å²) in [6, 6.07) is 0.915. The Morgan fingerprint density at radius 1 is 1.31 bits per heavy atom. The van der Waals surface area contributed by atoms with Crippen LogP contribution in [0.3, 0.4) is 0 Å². The molecule has 0 amide bonds. The number of rotatable bonds is 2. The van der Waals surface area contributed by atoms with Crippen LogP contribution in [0.2, 0.25) is 0 Å². The lowest BCUT2D eigenvalue weighted by Crippen LogP contribution is -2.27. The van der Waals surface area contributed by atoms with Crippen LogP contribution >= 0.6 is 0 Å². The third-order valence-electron chi connectivity index (χ3n) is 1.77. The molecule has 1 aromatic heterocycles. The third kappa shape index (κ3) is 2.35. The van der Waals surface area contributed by atoms with Crippen LogP contribution in [-0.2, 0) is 14.2 Å². The average molecular weight is 228 g/mol. The highest BCUT2D eigenvalue weighted by Crippen LogP contribution is 2.06. The van der Waals surface area contributed by atoms with Crippen molar-refractivity contribution >= 4 is 5.97 Å². The van der Waals surface area contributed by atoms with Crippen molar-refractivity contribution in [3.63, 3.8) is 0 Å². The normalized spacial score (nSPS) is 16.2. The van der Waals surface area contributed by atoms with Crippen molar-refractivity contribution in [2.75, 3.05) is 13.2 Å². The maximum Gasteiger partial charge on any atom is 0.359 e. The quantitative estimate of drug-likeness (QED) is 0.599. The largest absolute Gasteiger partial charge is 0.406 e. The number of nitrogens with one attached hydrogen (secondary N) is 2. The zero-order chi connectivity index (χ0) is 11.5. The van der Waals surface area contributed by atoms with Gasteiger partial charge in [0.25, 0.3) is 5.56 Å². The van der Waals surface area contributed by atoms with Crippen LogP contribution in [0.1, 0.15) is 10.5 Å². The van der Waals surface area contributed by atoms with Crippen molar-refractivity contribution in [1.29, 1.82) is 0 Å². The molecule has 0 spiro atoms. The monoisotopic (exact) mass is 228 g/mol. The topological polar surface area (TPSA) is 110 Å². The van der Waals surface area contributed by atoms with Crippen LogP contribution in [0.15, 0.2) is 15.7 Å². The lowest BCUT2D eigenvalue weighted by molar-refractivity contribution is -0.197. The molecule has 8 nitrogen and oxygen atoms in total. The van der Waals surface area contributed by atoms with Crippen LogP contribution in [0, 0.1) is 0 Å². The first kappa shape index (κ1) is 10.6. The Balaban J connectivity index is 2.13. The molecule has 1 aliphatic rings. The first-order valence-corrected chi connectivity index (χ1v) is 4.43. The summed E-state index contributed by atoms with van der Waals surface area (Å²) in [4.78, 5) is 37.2. The Morgan fingerprint density at radius 2 is 2.00 bits per heavy atom. The van der Waals surface area contributed by atoms with E-state index in [0.29, 0.717) is 13.2 Å². The van der Waals surface area contributed by atoms with Crippen LogP contribution in [0.4, 0.5) is 0 Å². The van der Waals surface area contributed by atoms with E-state index in [1.54, 1.807) is 0 Å². The Hall–Kier alpha value is -1.93. The minimum atomic E-state index is -1.09. The van der Waals surface area contributed by atoms with E-state index in [2.05, 4.69) is 4.98 Å². The van der Waals surface area contributed by atoms with Crippen LogP contribution in [0.5, 0.6) is 0 Å². The molecule has 0 aromatic carbocycles. The van der Waals surface area contributed by atoms with Gasteiger partial charge in [0, 0.05) is 6.07 Å². The molecule has 1 aliphatic heterocycles. The highest BCUT2D eigenvalue weighted by Gasteiger charge is 2.22. The van der Waals surface area contributed by atoms with E-state index in [1.165, 1.54) is 0 Å². The van der Waals surface area contributed by atoms with Crippen molar-refractivity contribution in [3.8, 4) is 0 Å². The summed E-state index contributed by atoms with van der Waals surface area (Å²) in [7, 11) is 0. The van der Waals surface area contributed by atoms with Crippen molar-refractivity contribution in [2.45, 2.75) is 6.48 Å². The van der Waals surface area contributed by atoms with Gasteiger partial charge in [0.15, 0.2) is 0 Å². The fourth-order valence-electron chi connectivity index (χ4n) is 1.13. The van der Waals surface area contributed by atoms with Crippen molar-refractivity contribution in [3.05, 3.63) is 32.6 Å². The first-order chi connectivity index (χ1) is 7.65. The second-order valence-electron chi connectivity index (χ2n) is 2.94. The summed E-state index contributed by atoms with van der Waals surface area (Å²) in [5.74, 6) is -0.893. The Morgan fingerprint density at radius 3 is 2.62 bits per heavy atom. The predicted octanol–water partition coefficient (Wildman–Crippen LogP) is -1.45. The molecule has 0 aliphatic carbocycles. The van der Waals surface area contributed by atoms with Gasteiger partial charge in [0.1, 0.15) is 5.69 Å². The maximum atomic E-state index is 11.4. The maximum absolute atomic E-state index is 11.4. The molecule has 2 heterocycles. The zero-order valence-electron chi connectivity index (χ0n) is 8.02. The van der Waals surface area contributed by atoms with E-state index in [9.17, 15) is 14.4 Å². The molecule has 2 N–H and O–H groups in total. The highest BCUT2D eigenvalue weighted by molar-refractivity contribution is 5.86. The predicted molar refractivity (Wildman–Crippen MR) is 48.8 cm³/mol. The fraction of sp³-hybridized carbons (Fsp3) is 0.375. The number of hydrogen-bond donors (Lipinski definition) is 2. The van der Waals surface area contributed by atoms with Gasteiger partial charge in [0.05, 0.1) is 13.2 Å². The second-order valence-corrected chi connectivity index (χ2v) is 2.94. The van der Waals surface area contributed by atoms with E-state index >= 15 is 0 Å². The standard InChI is InChI=1S/C8H8N2O6/c11-5-3-4(9-7(13)10-5)6(12)16-8-14-1-2-15-8/h3,8H,1-2H2,(H2,9,10,11,13). The Kier molecular flexibility index (Phi) is 2.84. The van der Waals surface area contributed by atoms with Crippen LogP contribution < -0.4 is 11.2 Å². The van der Waals surface area contributed by atoms with Crippen molar-refractivity contribution in [1.82, 2.24) is 9.97 Å². The molecule has 1 fully saturated rings. The molecule has 1 aromatic rings. The number of esters is 1. The number of carbonyl (C=O) groups is 1. The number of aromatic nitrogens is 2. The molecular weight excluding hydrogens is 220 g/mol. The van der Waals surface area contributed by atoms with Gasteiger partial charge in [0.2, 0.25) is 0 Å². The molecular formula is C8H8N2O6. The van der Waals surface area contributed by atoms with E-state index in [0.717, 1.165) is 6.07 Å². The number of aromatic amines is 2. The van der Waals surface area contributed by atoms with Gasteiger partial charge >= 0.3 is 18.1 Å². The highest BCUT2D eigenvalue weighted by atomic mass is 16.9. The number of H-pyrrole nitrogens is 2. The molecule has 16 heavy (non-hydrogen) atoms. The van der Waals surface area contributed by atoms with Gasteiger partial charge in [-0.1, -0.05) is 0 Å². The fourth-order valence-corrected chi connectivity index (χ4v) is 1.13. The SMILES string of the molecule is O=C(OC1OCCO1)c1cc(=O)[nH]c(=O)[nH]1.